The number of rotatable bonds is 12. The molecule has 1 heterocycles. The summed E-state index contributed by atoms with van der Waals surface area (Å²) < 4.78 is 38.8. The monoisotopic (exact) mass is 540 g/mol. The molecule has 39 heavy (non-hydrogen) atoms. The number of carbonyl (C=O) groups excluding carboxylic acids is 2. The largest absolute Gasteiger partial charge is 0.435 e. The first-order valence-electron chi connectivity index (χ1n) is 12.0. The Kier molecular flexibility index (Phi) is 8.61. The molecule has 2 aromatic carbocycles. The zero-order valence-corrected chi connectivity index (χ0v) is 20.9. The van der Waals surface area contributed by atoms with Crippen molar-refractivity contribution in [3.63, 3.8) is 0 Å². The van der Waals surface area contributed by atoms with E-state index in [0.29, 0.717) is 31.7 Å². The predicted molar refractivity (Wildman–Crippen MR) is 138 cm³/mol. The van der Waals surface area contributed by atoms with Crippen LogP contribution in [0.5, 0.6) is 11.6 Å². The van der Waals surface area contributed by atoms with Crippen LogP contribution in [0, 0.1) is 17.0 Å². The third-order valence-electron chi connectivity index (χ3n) is 5.78. The highest BCUT2D eigenvalue weighted by Crippen LogP contribution is 2.47. The fourth-order valence-corrected chi connectivity index (χ4v) is 3.46. The summed E-state index contributed by atoms with van der Waals surface area (Å²) in [6.07, 6.45) is 3.04. The summed E-state index contributed by atoms with van der Waals surface area (Å²) in [7, 11) is 0. The first-order chi connectivity index (χ1) is 18.8. The first kappa shape index (κ1) is 27.4. The molecule has 4 rings (SSSR count). The van der Waals surface area contributed by atoms with E-state index in [-0.39, 0.29) is 35.3 Å². The average Bonchev–Trinajstić information content (AvgIpc) is 3.73. The maximum Gasteiger partial charge on any atom is 0.240 e. The van der Waals surface area contributed by atoms with Crippen LogP contribution in [0.15, 0.2) is 53.9 Å². The number of aromatic nitrogens is 2. The molecular formula is C26H26F2N6O5. The molecular weight excluding hydrogens is 514 g/mol. The van der Waals surface area contributed by atoms with Crippen LogP contribution in [0.1, 0.15) is 25.3 Å². The molecule has 4 N–H and O–H groups in total. The number of anilines is 3. The molecule has 1 aromatic heterocycles. The third kappa shape index (κ3) is 6.82. The molecule has 1 fully saturated rings. The van der Waals surface area contributed by atoms with Crippen molar-refractivity contribution in [3.05, 3.63) is 66.0 Å². The van der Waals surface area contributed by atoms with Gasteiger partial charge < -0.3 is 30.7 Å². The van der Waals surface area contributed by atoms with E-state index in [9.17, 15) is 18.4 Å². The number of benzene rings is 2. The summed E-state index contributed by atoms with van der Waals surface area (Å²) >= 11 is 0. The van der Waals surface area contributed by atoms with Gasteiger partial charge in [0, 0.05) is 24.0 Å². The van der Waals surface area contributed by atoms with Crippen LogP contribution >= 0.6 is 0 Å². The molecule has 204 valence electrons. The van der Waals surface area contributed by atoms with Crippen molar-refractivity contribution in [2.24, 2.45) is 10.6 Å². The Morgan fingerprint density at radius 3 is 2.41 bits per heavy atom. The van der Waals surface area contributed by atoms with E-state index in [4.69, 9.17) is 20.0 Å². The molecule has 0 unspecified atom stereocenters. The van der Waals surface area contributed by atoms with Crippen molar-refractivity contribution in [2.45, 2.75) is 19.8 Å². The summed E-state index contributed by atoms with van der Waals surface area (Å²) in [6.45, 7) is 2.97. The van der Waals surface area contributed by atoms with Crippen molar-refractivity contribution in [1.82, 2.24) is 9.97 Å². The van der Waals surface area contributed by atoms with Crippen molar-refractivity contribution >= 4 is 35.2 Å². The van der Waals surface area contributed by atoms with Gasteiger partial charge in [-0.1, -0.05) is 5.16 Å². The molecule has 0 saturated heterocycles. The number of ether oxygens (including phenoxy) is 2. The molecule has 1 aliphatic rings. The van der Waals surface area contributed by atoms with Gasteiger partial charge in [0.2, 0.25) is 17.7 Å². The van der Waals surface area contributed by atoms with Crippen molar-refractivity contribution in [3.8, 4) is 11.6 Å². The summed E-state index contributed by atoms with van der Waals surface area (Å²) in [6, 6.07) is 8.95. The second kappa shape index (κ2) is 12.3. The van der Waals surface area contributed by atoms with E-state index in [1.165, 1.54) is 42.6 Å². The number of amides is 2. The number of nitrogens with zero attached hydrogens (tertiary/aromatic N) is 3. The van der Waals surface area contributed by atoms with Crippen LogP contribution < -0.4 is 21.1 Å². The molecule has 1 aliphatic carbocycles. The second-order valence-electron chi connectivity index (χ2n) is 8.49. The zero-order valence-electron chi connectivity index (χ0n) is 20.9. The van der Waals surface area contributed by atoms with Gasteiger partial charge in [-0.2, -0.15) is 0 Å². The topological polar surface area (TPSA) is 150 Å². The van der Waals surface area contributed by atoms with Gasteiger partial charge in [-0.15, -0.1) is 0 Å². The lowest BCUT2D eigenvalue weighted by Gasteiger charge is -2.16. The molecule has 13 heteroatoms. The van der Waals surface area contributed by atoms with E-state index >= 15 is 0 Å². The van der Waals surface area contributed by atoms with Gasteiger partial charge in [-0.3, -0.25) is 9.59 Å². The SMILES string of the molecule is CCOCCO/N=C/c1c(N)ncnc1Oc1ccc(NC(=O)C2(C(=O)Nc3ccc(F)cc3)CC2)cc1F. The summed E-state index contributed by atoms with van der Waals surface area (Å²) in [5, 5.41) is 8.97. The van der Waals surface area contributed by atoms with E-state index in [0.717, 1.165) is 12.4 Å². The second-order valence-corrected chi connectivity index (χ2v) is 8.49. The van der Waals surface area contributed by atoms with E-state index in [1.807, 2.05) is 6.92 Å². The molecule has 0 aliphatic heterocycles. The fraction of sp³-hybridized carbons (Fsp3) is 0.269. The summed E-state index contributed by atoms with van der Waals surface area (Å²) in [5.74, 6) is -2.59. The van der Waals surface area contributed by atoms with Crippen LogP contribution in [0.2, 0.25) is 0 Å². The third-order valence-corrected chi connectivity index (χ3v) is 5.78. The highest BCUT2D eigenvalue weighted by Gasteiger charge is 2.56. The number of hydrogen-bond acceptors (Lipinski definition) is 9. The number of oxime groups is 1. The number of halogens is 2. The highest BCUT2D eigenvalue weighted by atomic mass is 19.1. The number of nitrogens with two attached hydrogens (primary N) is 1. The smallest absolute Gasteiger partial charge is 0.240 e. The van der Waals surface area contributed by atoms with Crippen LogP contribution in [0.25, 0.3) is 0 Å². The van der Waals surface area contributed by atoms with Gasteiger partial charge in [-0.25, -0.2) is 18.7 Å². The number of nitrogens with one attached hydrogen (secondary N) is 2. The molecule has 0 spiro atoms. The van der Waals surface area contributed by atoms with Gasteiger partial charge >= 0.3 is 0 Å². The van der Waals surface area contributed by atoms with Gasteiger partial charge in [0.25, 0.3) is 0 Å². The number of carbonyl (C=O) groups is 2. The van der Waals surface area contributed by atoms with Crippen LogP contribution in [0.3, 0.4) is 0 Å². The lowest BCUT2D eigenvalue weighted by molar-refractivity contribution is -0.131. The minimum atomic E-state index is -1.29. The minimum absolute atomic E-state index is 0.0371. The van der Waals surface area contributed by atoms with Gasteiger partial charge in [-0.05, 0) is 56.2 Å². The normalized spacial score (nSPS) is 13.6. The Balaban J connectivity index is 1.40. The predicted octanol–water partition coefficient (Wildman–Crippen LogP) is 3.87. The molecule has 0 bridgehead atoms. The van der Waals surface area contributed by atoms with Crippen molar-refractivity contribution in [1.29, 1.82) is 0 Å². The Morgan fingerprint density at radius 2 is 1.74 bits per heavy atom. The lowest BCUT2D eigenvalue weighted by Crippen LogP contribution is -2.35. The van der Waals surface area contributed by atoms with Gasteiger partial charge in [0.1, 0.15) is 35.5 Å². The van der Waals surface area contributed by atoms with Crippen LogP contribution in [-0.2, 0) is 19.2 Å². The number of hydrogen-bond donors (Lipinski definition) is 3. The standard InChI is InChI=1S/C26H26F2N6O5/c1-2-37-11-12-38-32-14-19-22(29)30-15-31-23(19)39-21-8-7-18(13-20(21)28)34-25(36)26(9-10-26)24(35)33-17-5-3-16(27)4-6-17/h3-8,13-15H,2,9-12H2,1H3,(H,33,35)(H,34,36)(H2,29,30,31)/b32-14+. The van der Waals surface area contributed by atoms with E-state index in [1.54, 1.807) is 0 Å². The Morgan fingerprint density at radius 1 is 1.05 bits per heavy atom. The quantitative estimate of drug-likeness (QED) is 0.136. The van der Waals surface area contributed by atoms with E-state index < -0.39 is 28.9 Å². The highest BCUT2D eigenvalue weighted by molar-refractivity contribution is 6.16. The Labute approximate surface area is 222 Å². The maximum atomic E-state index is 14.9. The van der Waals surface area contributed by atoms with E-state index in [2.05, 4.69) is 25.8 Å². The Bertz CT molecular complexity index is 1370. The van der Waals surface area contributed by atoms with Crippen molar-refractivity contribution in [2.75, 3.05) is 36.2 Å². The average molecular weight is 541 g/mol. The number of nitrogen functional groups attached to an aromatic ring is 1. The molecule has 1 saturated carbocycles. The molecule has 3 aromatic rings. The maximum absolute atomic E-state index is 14.9. The summed E-state index contributed by atoms with van der Waals surface area (Å²) in [5.41, 5.74) is 5.25. The Hall–Kier alpha value is -4.65. The van der Waals surface area contributed by atoms with Gasteiger partial charge in [0.15, 0.2) is 11.6 Å². The van der Waals surface area contributed by atoms with Crippen LogP contribution in [0.4, 0.5) is 26.0 Å². The first-order valence-corrected chi connectivity index (χ1v) is 12.0. The van der Waals surface area contributed by atoms with Gasteiger partial charge in [0.05, 0.1) is 12.8 Å². The lowest BCUT2D eigenvalue weighted by atomic mass is 10.0. The van der Waals surface area contributed by atoms with Crippen molar-refractivity contribution < 1.29 is 32.7 Å². The molecule has 0 atom stereocenters. The minimum Gasteiger partial charge on any atom is -0.435 e. The molecule has 11 nitrogen and oxygen atoms in total. The zero-order chi connectivity index (χ0) is 27.8. The van der Waals surface area contributed by atoms with Crippen LogP contribution in [-0.4, -0.2) is 47.8 Å². The summed E-state index contributed by atoms with van der Waals surface area (Å²) in [4.78, 5) is 38.6. The fourth-order valence-electron chi connectivity index (χ4n) is 3.46. The molecule has 0 radical (unpaired) electrons. The molecule has 2 amide bonds.